The van der Waals surface area contributed by atoms with Crippen LogP contribution in [0.2, 0.25) is 20.1 Å². The fraction of sp³-hybridized carbons (Fsp3) is 0.0455. The average Bonchev–Trinajstić information content (AvgIpc) is 2.92. The SMILES string of the molecule is Cc1ccc2c(c1)C(c1ccc(Cl)c(Cl)c1)=C(c1ccc(Cl)c(Cl)c1)C2=O. The van der Waals surface area contributed by atoms with Crippen LogP contribution in [0.1, 0.15) is 32.6 Å². The van der Waals surface area contributed by atoms with Crippen molar-refractivity contribution in [3.8, 4) is 0 Å². The maximum atomic E-state index is 13.2. The number of carbonyl (C=O) groups excluding carboxylic acids is 1. The van der Waals surface area contributed by atoms with E-state index < -0.39 is 0 Å². The molecular formula is C22H12Cl4O. The smallest absolute Gasteiger partial charge is 0.194 e. The number of rotatable bonds is 2. The Morgan fingerprint density at radius 1 is 0.593 bits per heavy atom. The molecule has 3 aromatic carbocycles. The number of Topliss-reactive ketones (excluding diaryl/α,β-unsaturated/α-hetero) is 1. The van der Waals surface area contributed by atoms with E-state index in [4.69, 9.17) is 46.4 Å². The minimum atomic E-state index is -0.0514. The molecule has 0 bridgehead atoms. The first-order valence-corrected chi connectivity index (χ1v) is 9.69. The highest BCUT2D eigenvalue weighted by molar-refractivity contribution is 6.45. The van der Waals surface area contributed by atoms with Crippen LogP contribution in [0.25, 0.3) is 11.1 Å². The number of hydrogen-bond acceptors (Lipinski definition) is 1. The van der Waals surface area contributed by atoms with Gasteiger partial charge in [0.2, 0.25) is 0 Å². The van der Waals surface area contributed by atoms with Gasteiger partial charge in [0.1, 0.15) is 0 Å². The average molecular weight is 434 g/mol. The lowest BCUT2D eigenvalue weighted by molar-refractivity contribution is 0.105. The topological polar surface area (TPSA) is 17.1 Å². The van der Waals surface area contributed by atoms with Crippen molar-refractivity contribution in [1.29, 1.82) is 0 Å². The van der Waals surface area contributed by atoms with Crippen LogP contribution in [-0.2, 0) is 0 Å². The Morgan fingerprint density at radius 2 is 1.15 bits per heavy atom. The third kappa shape index (κ3) is 3.19. The Labute approximate surface area is 177 Å². The molecule has 1 aliphatic carbocycles. The van der Waals surface area contributed by atoms with Crippen molar-refractivity contribution in [2.24, 2.45) is 0 Å². The van der Waals surface area contributed by atoms with E-state index in [0.717, 1.165) is 22.3 Å². The van der Waals surface area contributed by atoms with Crippen LogP contribution in [0, 0.1) is 6.92 Å². The number of fused-ring (bicyclic) bond motifs is 1. The lowest BCUT2D eigenvalue weighted by Gasteiger charge is -2.11. The number of halogens is 4. The van der Waals surface area contributed by atoms with Gasteiger partial charge in [-0.15, -0.1) is 0 Å². The summed E-state index contributed by atoms with van der Waals surface area (Å²) in [4.78, 5) is 13.2. The zero-order chi connectivity index (χ0) is 19.3. The van der Waals surface area contributed by atoms with Gasteiger partial charge in [-0.1, -0.05) is 82.3 Å². The molecule has 0 unspecified atom stereocenters. The molecule has 1 aliphatic rings. The van der Waals surface area contributed by atoms with Gasteiger partial charge in [-0.2, -0.15) is 0 Å². The Bertz CT molecular complexity index is 1150. The molecule has 0 saturated heterocycles. The van der Waals surface area contributed by atoms with Crippen LogP contribution in [-0.4, -0.2) is 5.78 Å². The lowest BCUT2D eigenvalue weighted by atomic mass is 9.94. The first kappa shape index (κ1) is 18.6. The second-order valence-corrected chi connectivity index (χ2v) is 8.01. The molecule has 0 aromatic heterocycles. The zero-order valence-electron chi connectivity index (χ0n) is 14.1. The molecule has 0 fully saturated rings. The fourth-order valence-electron chi connectivity index (χ4n) is 3.32. The summed E-state index contributed by atoms with van der Waals surface area (Å²) in [5.41, 5.74) is 5.52. The summed E-state index contributed by atoms with van der Waals surface area (Å²) in [5, 5.41) is 1.74. The Kier molecular flexibility index (Phi) is 4.82. The van der Waals surface area contributed by atoms with Crippen molar-refractivity contribution in [3.63, 3.8) is 0 Å². The van der Waals surface area contributed by atoms with Crippen LogP contribution in [0.4, 0.5) is 0 Å². The molecule has 5 heteroatoms. The van der Waals surface area contributed by atoms with Crippen LogP contribution < -0.4 is 0 Å². The van der Waals surface area contributed by atoms with E-state index in [0.29, 0.717) is 36.8 Å². The van der Waals surface area contributed by atoms with Crippen molar-refractivity contribution in [1.82, 2.24) is 0 Å². The molecule has 0 atom stereocenters. The summed E-state index contributed by atoms with van der Waals surface area (Å²) in [6, 6.07) is 16.4. The van der Waals surface area contributed by atoms with E-state index in [-0.39, 0.29) is 5.78 Å². The standard InChI is InChI=1S/C22H12Cl4O/c1-11-2-5-14-15(8-11)20(12-3-6-16(23)18(25)9-12)21(22(14)27)13-4-7-17(24)19(26)10-13/h2-10H,1H3. The van der Waals surface area contributed by atoms with Crippen molar-refractivity contribution in [3.05, 3.63) is 103 Å². The molecule has 0 N–H and O–H groups in total. The molecule has 3 aromatic rings. The summed E-state index contributed by atoms with van der Waals surface area (Å²) in [6.45, 7) is 1.99. The monoisotopic (exact) mass is 432 g/mol. The molecule has 27 heavy (non-hydrogen) atoms. The third-order valence-corrected chi connectivity index (χ3v) is 6.06. The van der Waals surface area contributed by atoms with E-state index in [9.17, 15) is 4.79 Å². The van der Waals surface area contributed by atoms with Crippen molar-refractivity contribution < 1.29 is 4.79 Å². The summed E-state index contributed by atoms with van der Waals surface area (Å²) in [6.07, 6.45) is 0. The number of hydrogen-bond donors (Lipinski definition) is 0. The Morgan fingerprint density at radius 3 is 1.70 bits per heavy atom. The zero-order valence-corrected chi connectivity index (χ0v) is 17.1. The van der Waals surface area contributed by atoms with Gasteiger partial charge in [0.05, 0.1) is 20.1 Å². The van der Waals surface area contributed by atoms with Crippen molar-refractivity contribution in [2.75, 3.05) is 0 Å². The molecular weight excluding hydrogens is 422 g/mol. The second-order valence-electron chi connectivity index (χ2n) is 6.39. The molecule has 1 nitrogen and oxygen atoms in total. The van der Waals surface area contributed by atoms with Crippen LogP contribution in [0.3, 0.4) is 0 Å². The largest absolute Gasteiger partial charge is 0.289 e. The molecule has 0 radical (unpaired) electrons. The van der Waals surface area contributed by atoms with Gasteiger partial charge in [0.25, 0.3) is 0 Å². The minimum absolute atomic E-state index is 0.0514. The van der Waals surface area contributed by atoms with Gasteiger partial charge < -0.3 is 0 Å². The number of aryl methyl sites for hydroxylation is 1. The summed E-state index contributed by atoms with van der Waals surface area (Å²) in [5.74, 6) is -0.0514. The fourth-order valence-corrected chi connectivity index (χ4v) is 3.92. The maximum Gasteiger partial charge on any atom is 0.194 e. The quantitative estimate of drug-likeness (QED) is 0.403. The molecule has 4 rings (SSSR count). The highest BCUT2D eigenvalue weighted by atomic mass is 35.5. The van der Waals surface area contributed by atoms with Crippen molar-refractivity contribution in [2.45, 2.75) is 6.92 Å². The predicted octanol–water partition coefficient (Wildman–Crippen LogP) is 7.76. The lowest BCUT2D eigenvalue weighted by Crippen LogP contribution is -1.98. The van der Waals surface area contributed by atoms with Crippen LogP contribution >= 0.6 is 46.4 Å². The summed E-state index contributed by atoms with van der Waals surface area (Å²) in [7, 11) is 0. The molecule has 134 valence electrons. The minimum Gasteiger partial charge on any atom is -0.289 e. The number of carbonyl (C=O) groups is 1. The highest BCUT2D eigenvalue weighted by Gasteiger charge is 2.31. The van der Waals surface area contributed by atoms with E-state index in [1.165, 1.54) is 0 Å². The number of ketones is 1. The van der Waals surface area contributed by atoms with Gasteiger partial charge in [0.15, 0.2) is 5.78 Å². The van der Waals surface area contributed by atoms with Gasteiger partial charge in [-0.25, -0.2) is 0 Å². The van der Waals surface area contributed by atoms with E-state index in [2.05, 4.69) is 0 Å². The molecule has 0 heterocycles. The predicted molar refractivity (Wildman–Crippen MR) is 114 cm³/mol. The van der Waals surface area contributed by atoms with Gasteiger partial charge >= 0.3 is 0 Å². The first-order chi connectivity index (χ1) is 12.9. The second kappa shape index (κ2) is 7.00. The van der Waals surface area contributed by atoms with Crippen molar-refractivity contribution >= 4 is 63.3 Å². The third-order valence-electron chi connectivity index (χ3n) is 4.58. The van der Waals surface area contributed by atoms with Crippen LogP contribution in [0.15, 0.2) is 54.6 Å². The Hall–Kier alpha value is -1.77. The Balaban J connectivity index is 2.05. The van der Waals surface area contributed by atoms with Gasteiger partial charge in [-0.3, -0.25) is 4.79 Å². The first-order valence-electron chi connectivity index (χ1n) is 8.17. The number of benzene rings is 3. The van der Waals surface area contributed by atoms with E-state index >= 15 is 0 Å². The van der Waals surface area contributed by atoms with Gasteiger partial charge in [0, 0.05) is 16.7 Å². The van der Waals surface area contributed by atoms with Crippen LogP contribution in [0.5, 0.6) is 0 Å². The summed E-state index contributed by atoms with van der Waals surface area (Å²) >= 11 is 24.6. The number of allylic oxidation sites excluding steroid dienone is 1. The molecule has 0 spiro atoms. The summed E-state index contributed by atoms with van der Waals surface area (Å²) < 4.78 is 0. The molecule has 0 aliphatic heterocycles. The maximum absolute atomic E-state index is 13.2. The molecule has 0 amide bonds. The molecule has 0 saturated carbocycles. The highest BCUT2D eigenvalue weighted by Crippen LogP contribution is 2.44. The van der Waals surface area contributed by atoms with E-state index in [1.807, 2.05) is 31.2 Å². The van der Waals surface area contributed by atoms with E-state index in [1.54, 1.807) is 30.3 Å². The van der Waals surface area contributed by atoms with Gasteiger partial charge in [-0.05, 0) is 47.9 Å². The normalized spacial score (nSPS) is 13.3.